The van der Waals surface area contributed by atoms with E-state index in [0.29, 0.717) is 29.6 Å². The Balaban J connectivity index is 1.44. The van der Waals surface area contributed by atoms with Gasteiger partial charge in [0.1, 0.15) is 23.7 Å². The van der Waals surface area contributed by atoms with Crippen molar-refractivity contribution in [3.8, 4) is 11.6 Å². The van der Waals surface area contributed by atoms with Gasteiger partial charge in [-0.25, -0.2) is 14.4 Å². The van der Waals surface area contributed by atoms with Gasteiger partial charge in [-0.05, 0) is 50.5 Å². The van der Waals surface area contributed by atoms with Gasteiger partial charge in [-0.1, -0.05) is 6.42 Å². The topological polar surface area (TPSA) is 58.6 Å². The van der Waals surface area contributed by atoms with Crippen molar-refractivity contribution < 1.29 is 13.9 Å². The molecule has 1 saturated carbocycles. The van der Waals surface area contributed by atoms with Crippen LogP contribution in [0.2, 0.25) is 0 Å². The lowest BCUT2D eigenvalue weighted by atomic mass is 9.84. The van der Waals surface area contributed by atoms with E-state index in [1.54, 1.807) is 19.1 Å². The highest BCUT2D eigenvalue weighted by atomic mass is 19.1. The van der Waals surface area contributed by atoms with Crippen LogP contribution in [0.5, 0.6) is 11.6 Å². The Bertz CT molecular complexity index is 871. The fourth-order valence-electron chi connectivity index (χ4n) is 3.78. The Kier molecular flexibility index (Phi) is 5.15. The maximum atomic E-state index is 13.3. The van der Waals surface area contributed by atoms with Gasteiger partial charge in [0.25, 0.3) is 0 Å². The smallest absolute Gasteiger partial charge is 0.226 e. The molecular formula is C21H25FN4O2. The van der Waals surface area contributed by atoms with E-state index in [1.165, 1.54) is 24.9 Å². The monoisotopic (exact) mass is 384 g/mol. The number of carbonyl (C=O) groups is 1. The largest absolute Gasteiger partial charge is 0.439 e. The third-order valence-electron chi connectivity index (χ3n) is 5.67. The lowest BCUT2D eigenvalue weighted by Crippen LogP contribution is -2.56. The first-order valence-electron chi connectivity index (χ1n) is 9.83. The van der Waals surface area contributed by atoms with Crippen molar-refractivity contribution in [2.45, 2.75) is 39.2 Å². The second-order valence-electron chi connectivity index (χ2n) is 7.68. The van der Waals surface area contributed by atoms with E-state index < -0.39 is 0 Å². The number of nitrogens with zero attached hydrogens (tertiary/aromatic N) is 4. The van der Waals surface area contributed by atoms with Gasteiger partial charge in [-0.2, -0.15) is 0 Å². The molecule has 1 saturated heterocycles. The van der Waals surface area contributed by atoms with Crippen molar-refractivity contribution in [2.75, 3.05) is 24.5 Å². The molecule has 2 fully saturated rings. The maximum absolute atomic E-state index is 13.3. The number of hydrogen-bond donors (Lipinski definition) is 0. The Morgan fingerprint density at radius 3 is 2.71 bits per heavy atom. The van der Waals surface area contributed by atoms with Gasteiger partial charge in [0.2, 0.25) is 11.8 Å². The summed E-state index contributed by atoms with van der Waals surface area (Å²) in [5.74, 6) is 1.99. The average Bonchev–Trinajstić information content (AvgIpc) is 2.63. The third-order valence-corrected chi connectivity index (χ3v) is 5.67. The van der Waals surface area contributed by atoms with E-state index in [-0.39, 0.29) is 17.8 Å². The molecule has 0 spiro atoms. The summed E-state index contributed by atoms with van der Waals surface area (Å²) in [6.07, 6.45) is 4.70. The van der Waals surface area contributed by atoms with Crippen LogP contribution >= 0.6 is 0 Å². The first kappa shape index (κ1) is 18.7. The summed E-state index contributed by atoms with van der Waals surface area (Å²) in [5, 5.41) is 0. The zero-order chi connectivity index (χ0) is 19.7. The minimum atomic E-state index is -0.295. The van der Waals surface area contributed by atoms with Gasteiger partial charge >= 0.3 is 0 Å². The fourth-order valence-corrected chi connectivity index (χ4v) is 3.78. The van der Waals surface area contributed by atoms with Crippen molar-refractivity contribution in [3.05, 3.63) is 42.0 Å². The van der Waals surface area contributed by atoms with Gasteiger partial charge in [-0.3, -0.25) is 4.79 Å². The van der Waals surface area contributed by atoms with Crippen LogP contribution in [0.15, 0.2) is 30.6 Å². The lowest BCUT2D eigenvalue weighted by molar-refractivity contribution is -0.140. The number of carbonyl (C=O) groups excluding carboxylic acids is 1. The van der Waals surface area contributed by atoms with Crippen LogP contribution in [-0.2, 0) is 4.79 Å². The second-order valence-corrected chi connectivity index (χ2v) is 7.68. The normalized spacial score (nSPS) is 20.0. The van der Waals surface area contributed by atoms with E-state index >= 15 is 0 Å². The molecule has 0 bridgehead atoms. The highest BCUT2D eigenvalue weighted by molar-refractivity contribution is 5.80. The molecule has 1 aromatic heterocycles. The highest BCUT2D eigenvalue weighted by Crippen LogP contribution is 2.31. The molecule has 0 radical (unpaired) electrons. The van der Waals surface area contributed by atoms with E-state index in [0.717, 1.165) is 31.7 Å². The van der Waals surface area contributed by atoms with Crippen LogP contribution in [0.1, 0.15) is 31.7 Å². The molecule has 2 aromatic rings. The number of piperazine rings is 1. The summed E-state index contributed by atoms with van der Waals surface area (Å²) >= 11 is 0. The van der Waals surface area contributed by atoms with Crippen LogP contribution in [0.3, 0.4) is 0 Å². The van der Waals surface area contributed by atoms with Gasteiger partial charge in [-0.15, -0.1) is 0 Å². The molecule has 0 unspecified atom stereocenters. The van der Waals surface area contributed by atoms with Gasteiger partial charge < -0.3 is 14.5 Å². The molecule has 1 atom stereocenters. The number of rotatable bonds is 4. The SMILES string of the molecule is Cc1cc(F)ccc1Oc1cc(N2CCN(C(=O)C3CCC3)[C@H](C)C2)ncn1. The van der Waals surface area contributed by atoms with Crippen LogP contribution in [0.25, 0.3) is 0 Å². The van der Waals surface area contributed by atoms with Crippen molar-refractivity contribution in [2.24, 2.45) is 5.92 Å². The standard InChI is InChI=1S/C21H25FN4O2/c1-14-10-17(22)6-7-18(14)28-20-11-19(23-13-24-20)25-8-9-26(15(2)12-25)21(27)16-4-3-5-16/h6-7,10-11,13,15-16H,3-5,8-9,12H2,1-2H3/t15-/m1/s1. The summed E-state index contributed by atoms with van der Waals surface area (Å²) in [6.45, 7) is 6.04. The predicted octanol–water partition coefficient (Wildman–Crippen LogP) is 3.55. The molecule has 1 aliphatic heterocycles. The van der Waals surface area contributed by atoms with Gasteiger partial charge in [0, 0.05) is 37.7 Å². The fraction of sp³-hybridized carbons (Fsp3) is 0.476. The quantitative estimate of drug-likeness (QED) is 0.807. The zero-order valence-electron chi connectivity index (χ0n) is 16.3. The zero-order valence-corrected chi connectivity index (χ0v) is 16.3. The lowest BCUT2D eigenvalue weighted by Gasteiger charge is -2.43. The van der Waals surface area contributed by atoms with Crippen LogP contribution in [0, 0.1) is 18.7 Å². The minimum absolute atomic E-state index is 0.139. The second kappa shape index (κ2) is 7.73. The van der Waals surface area contributed by atoms with Crippen molar-refractivity contribution in [1.29, 1.82) is 0 Å². The molecule has 148 valence electrons. The summed E-state index contributed by atoms with van der Waals surface area (Å²) in [4.78, 5) is 25.3. The molecule has 2 heterocycles. The third kappa shape index (κ3) is 3.79. The molecule has 2 aliphatic rings. The molecule has 28 heavy (non-hydrogen) atoms. The summed E-state index contributed by atoms with van der Waals surface area (Å²) in [5.41, 5.74) is 0.705. The molecule has 1 aliphatic carbocycles. The molecule has 1 aromatic carbocycles. The maximum Gasteiger partial charge on any atom is 0.226 e. The van der Waals surface area contributed by atoms with Crippen molar-refractivity contribution in [3.63, 3.8) is 0 Å². The number of ether oxygens (including phenoxy) is 1. The Labute approximate surface area is 164 Å². The van der Waals surface area contributed by atoms with Crippen molar-refractivity contribution >= 4 is 11.7 Å². The number of halogens is 1. The van der Waals surface area contributed by atoms with Crippen LogP contribution in [0.4, 0.5) is 10.2 Å². The molecule has 7 heteroatoms. The molecule has 1 amide bonds. The first-order chi connectivity index (χ1) is 13.5. The summed E-state index contributed by atoms with van der Waals surface area (Å²) in [7, 11) is 0. The Morgan fingerprint density at radius 1 is 1.21 bits per heavy atom. The van der Waals surface area contributed by atoms with Crippen molar-refractivity contribution in [1.82, 2.24) is 14.9 Å². The summed E-state index contributed by atoms with van der Waals surface area (Å²) in [6, 6.07) is 6.32. The summed E-state index contributed by atoms with van der Waals surface area (Å²) < 4.78 is 19.1. The highest BCUT2D eigenvalue weighted by Gasteiger charge is 2.34. The average molecular weight is 384 g/mol. The molecule has 6 nitrogen and oxygen atoms in total. The Morgan fingerprint density at radius 2 is 2.04 bits per heavy atom. The van der Waals surface area contributed by atoms with E-state index in [2.05, 4.69) is 21.8 Å². The minimum Gasteiger partial charge on any atom is -0.439 e. The predicted molar refractivity (Wildman–Crippen MR) is 104 cm³/mol. The molecule has 4 rings (SSSR count). The van der Waals surface area contributed by atoms with E-state index in [4.69, 9.17) is 4.74 Å². The number of amides is 1. The number of aromatic nitrogens is 2. The molecular weight excluding hydrogens is 359 g/mol. The Hall–Kier alpha value is -2.70. The first-order valence-corrected chi connectivity index (χ1v) is 9.83. The number of hydrogen-bond acceptors (Lipinski definition) is 5. The van der Waals surface area contributed by atoms with Crippen LogP contribution in [-0.4, -0.2) is 46.5 Å². The van der Waals surface area contributed by atoms with E-state index in [9.17, 15) is 9.18 Å². The van der Waals surface area contributed by atoms with E-state index in [1.807, 2.05) is 4.90 Å². The number of benzene rings is 1. The van der Waals surface area contributed by atoms with Crippen LogP contribution < -0.4 is 9.64 Å². The van der Waals surface area contributed by atoms with Gasteiger partial charge in [0.15, 0.2) is 0 Å². The number of aryl methyl sites for hydroxylation is 1. The van der Waals surface area contributed by atoms with Gasteiger partial charge in [0.05, 0.1) is 0 Å². The molecule has 0 N–H and O–H groups in total. The number of anilines is 1.